The number of hydrogen-bond donors (Lipinski definition) is 0. The molecule has 218 valence electrons. The smallest absolute Gasteiger partial charge is 0.493 e. The summed E-state index contributed by atoms with van der Waals surface area (Å²) in [6.07, 6.45) is -2.00. The molecule has 1 fully saturated rings. The van der Waals surface area contributed by atoms with Gasteiger partial charge in [-0.3, -0.25) is 14.9 Å². The van der Waals surface area contributed by atoms with Crippen molar-refractivity contribution in [3.05, 3.63) is 75.3 Å². The van der Waals surface area contributed by atoms with Gasteiger partial charge in [0.25, 0.3) is 5.69 Å². The first kappa shape index (κ1) is 27.0. The predicted molar refractivity (Wildman–Crippen MR) is 141 cm³/mol. The third-order valence-electron chi connectivity index (χ3n) is 7.64. The summed E-state index contributed by atoms with van der Waals surface area (Å²) in [5, 5.41) is 11.0. The minimum atomic E-state index is -1.05. The van der Waals surface area contributed by atoms with Crippen molar-refractivity contribution in [1.29, 1.82) is 0 Å². The minimum absolute atomic E-state index is 0.00617. The van der Waals surface area contributed by atoms with E-state index in [1.807, 2.05) is 0 Å². The number of nitro benzene ring substituents is 1. The zero-order chi connectivity index (χ0) is 29.5. The lowest BCUT2D eigenvalue weighted by molar-refractivity contribution is -0.384. The van der Waals surface area contributed by atoms with Crippen LogP contribution in [0.5, 0.6) is 34.5 Å². The van der Waals surface area contributed by atoms with Crippen LogP contribution < -0.4 is 28.4 Å². The Bertz CT molecular complexity index is 1540. The van der Waals surface area contributed by atoms with E-state index < -0.39 is 40.9 Å². The summed E-state index contributed by atoms with van der Waals surface area (Å²) in [6.45, 7) is 0.00344. The molecule has 0 aromatic heterocycles. The Balaban J connectivity index is 1.42. The van der Waals surface area contributed by atoms with Crippen LogP contribution in [0.3, 0.4) is 0 Å². The molecular weight excluding hydrogens is 554 g/mol. The van der Waals surface area contributed by atoms with Gasteiger partial charge < -0.3 is 37.9 Å². The first-order valence-electron chi connectivity index (χ1n) is 12.9. The maximum atomic E-state index is 13.3. The maximum Gasteiger partial charge on any atom is 0.514 e. The van der Waals surface area contributed by atoms with Crippen molar-refractivity contribution in [1.82, 2.24) is 0 Å². The van der Waals surface area contributed by atoms with Crippen molar-refractivity contribution in [2.45, 2.75) is 12.0 Å². The Morgan fingerprint density at radius 3 is 2.14 bits per heavy atom. The molecule has 0 bridgehead atoms. The lowest BCUT2D eigenvalue weighted by atomic mass is 9.66. The Hall–Kier alpha value is -5.20. The predicted octanol–water partition coefficient (Wildman–Crippen LogP) is 4.54. The molecule has 0 spiro atoms. The molecule has 0 saturated carbocycles. The molecule has 42 heavy (non-hydrogen) atoms. The molecule has 2 heterocycles. The van der Waals surface area contributed by atoms with E-state index in [9.17, 15) is 19.7 Å². The van der Waals surface area contributed by atoms with Crippen LogP contribution in [0.15, 0.2) is 48.5 Å². The van der Waals surface area contributed by atoms with Gasteiger partial charge in [-0.2, -0.15) is 0 Å². The van der Waals surface area contributed by atoms with E-state index >= 15 is 0 Å². The zero-order valence-electron chi connectivity index (χ0n) is 22.7. The standard InChI is InChI=1S/C29H25NO12/c1-35-22-8-14(9-23(36-2)27(22)37-3)24-17-10-20-21(40-13-39-20)11-18(17)26(19-12-38-28(31)25(19)24)42-29(32)41-16-6-4-15(5-7-16)30(33)34/h4-11,19,24-26H,12-13H2,1-3H3/t19-,24-,25+,26+/m1/s1. The van der Waals surface area contributed by atoms with Gasteiger partial charge in [0.1, 0.15) is 11.9 Å². The molecule has 0 N–H and O–H groups in total. The van der Waals surface area contributed by atoms with Crippen LogP contribution in [0.25, 0.3) is 0 Å². The summed E-state index contributed by atoms with van der Waals surface area (Å²) in [5.74, 6) is -0.167. The minimum Gasteiger partial charge on any atom is -0.493 e. The molecule has 0 amide bonds. The number of fused-ring (bicyclic) bond motifs is 3. The lowest BCUT2D eigenvalue weighted by Gasteiger charge is -2.38. The third-order valence-corrected chi connectivity index (χ3v) is 7.64. The average molecular weight is 580 g/mol. The summed E-state index contributed by atoms with van der Waals surface area (Å²) in [5.41, 5.74) is 1.76. The number of nitrogens with zero attached hydrogens (tertiary/aromatic N) is 1. The SMILES string of the molecule is COc1cc([C@@H]2c3cc4c(cc3[C@H](OC(=O)Oc3ccc([N+](=O)[O-])cc3)[C@@H]3COC(=O)[C@H]23)OCO4)cc(OC)c1OC. The molecule has 3 aromatic carbocycles. The van der Waals surface area contributed by atoms with Crippen molar-refractivity contribution in [3.63, 3.8) is 0 Å². The Morgan fingerprint density at radius 1 is 0.905 bits per heavy atom. The lowest BCUT2D eigenvalue weighted by Crippen LogP contribution is -2.37. The molecule has 1 aliphatic carbocycles. The number of nitro groups is 1. The second-order valence-electron chi connectivity index (χ2n) is 9.73. The van der Waals surface area contributed by atoms with Gasteiger partial charge in [-0.15, -0.1) is 0 Å². The Morgan fingerprint density at radius 2 is 1.55 bits per heavy atom. The van der Waals surface area contributed by atoms with Crippen molar-refractivity contribution >= 4 is 17.8 Å². The molecule has 1 saturated heterocycles. The van der Waals surface area contributed by atoms with Crippen molar-refractivity contribution in [3.8, 4) is 34.5 Å². The van der Waals surface area contributed by atoms with Crippen molar-refractivity contribution in [2.24, 2.45) is 11.8 Å². The molecule has 3 aromatic rings. The fraction of sp³-hybridized carbons (Fsp3) is 0.310. The summed E-state index contributed by atoms with van der Waals surface area (Å²) < 4.78 is 44.6. The van der Waals surface area contributed by atoms with E-state index in [1.54, 1.807) is 24.3 Å². The highest BCUT2D eigenvalue weighted by Gasteiger charge is 2.54. The first-order valence-corrected chi connectivity index (χ1v) is 12.9. The second-order valence-corrected chi connectivity index (χ2v) is 9.73. The zero-order valence-corrected chi connectivity index (χ0v) is 22.7. The summed E-state index contributed by atoms with van der Waals surface area (Å²) >= 11 is 0. The number of carbonyl (C=O) groups is 2. The number of non-ortho nitro benzene ring substituents is 1. The van der Waals surface area contributed by atoms with Crippen LogP contribution in [0.4, 0.5) is 10.5 Å². The number of ether oxygens (including phenoxy) is 8. The number of esters is 1. The molecular formula is C29H25NO12. The van der Waals surface area contributed by atoms with Gasteiger partial charge in [-0.05, 0) is 47.5 Å². The molecule has 13 heteroatoms. The fourth-order valence-corrected chi connectivity index (χ4v) is 5.80. The monoisotopic (exact) mass is 579 g/mol. The molecule has 4 atom stereocenters. The van der Waals surface area contributed by atoms with Crippen LogP contribution in [0.2, 0.25) is 0 Å². The van der Waals surface area contributed by atoms with Gasteiger partial charge in [0.15, 0.2) is 23.0 Å². The molecule has 13 nitrogen and oxygen atoms in total. The number of benzene rings is 3. The summed E-state index contributed by atoms with van der Waals surface area (Å²) in [4.78, 5) is 36.7. The van der Waals surface area contributed by atoms with Crippen LogP contribution in [-0.4, -0.2) is 51.8 Å². The Kier molecular flexibility index (Phi) is 6.85. The topological polar surface area (TPSA) is 151 Å². The number of cyclic esters (lactones) is 1. The van der Waals surface area contributed by atoms with Crippen molar-refractivity contribution in [2.75, 3.05) is 34.7 Å². The molecule has 2 aliphatic heterocycles. The van der Waals surface area contributed by atoms with Crippen LogP contribution in [0.1, 0.15) is 28.7 Å². The largest absolute Gasteiger partial charge is 0.514 e. The summed E-state index contributed by atoms with van der Waals surface area (Å²) in [6, 6.07) is 12.0. The van der Waals surface area contributed by atoms with Crippen LogP contribution >= 0.6 is 0 Å². The molecule has 0 unspecified atom stereocenters. The van der Waals surface area contributed by atoms with Crippen LogP contribution in [-0.2, 0) is 14.3 Å². The van der Waals surface area contributed by atoms with E-state index in [1.165, 1.54) is 45.6 Å². The molecule has 0 radical (unpaired) electrons. The van der Waals surface area contributed by atoms with E-state index in [0.717, 1.165) is 0 Å². The third kappa shape index (κ3) is 4.52. The highest BCUT2D eigenvalue weighted by molar-refractivity contribution is 5.79. The number of hydrogen-bond acceptors (Lipinski definition) is 12. The molecule has 6 rings (SSSR count). The maximum absolute atomic E-state index is 13.3. The average Bonchev–Trinajstić information content (AvgIpc) is 3.61. The summed E-state index contributed by atoms with van der Waals surface area (Å²) in [7, 11) is 4.50. The first-order chi connectivity index (χ1) is 20.3. The van der Waals surface area contributed by atoms with Gasteiger partial charge in [0.05, 0.1) is 38.8 Å². The van der Waals surface area contributed by atoms with Crippen LogP contribution in [0, 0.1) is 22.0 Å². The van der Waals surface area contributed by atoms with Gasteiger partial charge in [-0.1, -0.05) is 0 Å². The van der Waals surface area contributed by atoms with E-state index in [2.05, 4.69) is 0 Å². The number of carbonyl (C=O) groups excluding carboxylic acids is 2. The van der Waals surface area contributed by atoms with E-state index in [4.69, 9.17) is 37.9 Å². The second kappa shape index (κ2) is 10.7. The number of methoxy groups -OCH3 is 3. The van der Waals surface area contributed by atoms with Crippen molar-refractivity contribution < 1.29 is 52.4 Å². The van der Waals surface area contributed by atoms with Gasteiger partial charge in [0.2, 0.25) is 12.5 Å². The van der Waals surface area contributed by atoms with E-state index in [0.29, 0.717) is 45.4 Å². The highest BCUT2D eigenvalue weighted by atomic mass is 16.7. The highest BCUT2D eigenvalue weighted by Crippen LogP contribution is 2.56. The van der Waals surface area contributed by atoms with E-state index in [-0.39, 0.29) is 24.8 Å². The van der Waals surface area contributed by atoms with Gasteiger partial charge >= 0.3 is 12.1 Å². The molecule has 3 aliphatic rings. The Labute approximate surface area is 238 Å². The fourth-order valence-electron chi connectivity index (χ4n) is 5.80. The quantitative estimate of drug-likeness (QED) is 0.167. The normalized spacial score (nSPS) is 21.5. The number of rotatable bonds is 7. The van der Waals surface area contributed by atoms with Gasteiger partial charge in [-0.25, -0.2) is 4.79 Å². The van der Waals surface area contributed by atoms with Gasteiger partial charge in [0, 0.05) is 29.5 Å².